The molecule has 1 aliphatic carbocycles. The van der Waals surface area contributed by atoms with E-state index in [1.807, 2.05) is 0 Å². The van der Waals surface area contributed by atoms with Crippen LogP contribution < -0.4 is 14.2 Å². The summed E-state index contributed by atoms with van der Waals surface area (Å²) in [5.74, 6) is 2.48. The van der Waals surface area contributed by atoms with Crippen LogP contribution in [0.1, 0.15) is 49.4 Å². The molecule has 108 valence electrons. The molecule has 2 unspecified atom stereocenters. The average Bonchev–Trinajstić information content (AvgIpc) is 2.94. The highest BCUT2D eigenvalue weighted by Crippen LogP contribution is 2.39. The second-order valence-corrected chi connectivity index (χ2v) is 5.47. The third-order valence-corrected chi connectivity index (χ3v) is 4.27. The second-order valence-electron chi connectivity index (χ2n) is 5.47. The van der Waals surface area contributed by atoms with Crippen LogP contribution in [0.2, 0.25) is 0 Å². The van der Waals surface area contributed by atoms with Crippen molar-refractivity contribution in [1.82, 2.24) is 0 Å². The van der Waals surface area contributed by atoms with Crippen LogP contribution in [0.3, 0.4) is 0 Å². The summed E-state index contributed by atoms with van der Waals surface area (Å²) >= 11 is 0. The quantitative estimate of drug-likeness (QED) is 0.788. The molecule has 20 heavy (non-hydrogen) atoms. The molecular formula is C16H20O4. The molecule has 1 fully saturated rings. The maximum absolute atomic E-state index is 11.2. The van der Waals surface area contributed by atoms with Gasteiger partial charge in [0.2, 0.25) is 6.79 Å². The fourth-order valence-corrected chi connectivity index (χ4v) is 3.09. The molecular weight excluding hydrogens is 256 g/mol. The van der Waals surface area contributed by atoms with Crippen LogP contribution in [0.15, 0.2) is 12.1 Å². The Bertz CT molecular complexity index is 497. The Morgan fingerprint density at radius 2 is 2.00 bits per heavy atom. The monoisotopic (exact) mass is 276 g/mol. The fourth-order valence-electron chi connectivity index (χ4n) is 3.09. The van der Waals surface area contributed by atoms with Crippen LogP contribution in [0.5, 0.6) is 17.2 Å². The minimum absolute atomic E-state index is 0.202. The van der Waals surface area contributed by atoms with Gasteiger partial charge in [-0.1, -0.05) is 13.3 Å². The molecule has 1 aromatic carbocycles. The Hall–Kier alpha value is -1.71. The largest absolute Gasteiger partial charge is 0.489 e. The van der Waals surface area contributed by atoms with Gasteiger partial charge in [0.15, 0.2) is 17.8 Å². The van der Waals surface area contributed by atoms with E-state index in [9.17, 15) is 4.79 Å². The SMILES string of the molecule is CCC1CCCCC1Oc1cc2c(cc1C=O)OCO2. The summed E-state index contributed by atoms with van der Waals surface area (Å²) in [6.45, 7) is 2.41. The standard InChI is InChI=1S/C16H20O4/c1-2-11-5-3-4-6-13(11)20-14-8-16-15(18-10-19-16)7-12(14)9-17/h7-9,11,13H,2-6,10H2,1H3. The Kier molecular flexibility index (Phi) is 3.81. The molecule has 2 aliphatic rings. The first-order valence-electron chi connectivity index (χ1n) is 7.37. The van der Waals surface area contributed by atoms with E-state index < -0.39 is 0 Å². The van der Waals surface area contributed by atoms with Crippen LogP contribution >= 0.6 is 0 Å². The van der Waals surface area contributed by atoms with E-state index in [0.29, 0.717) is 28.7 Å². The third-order valence-electron chi connectivity index (χ3n) is 4.27. The van der Waals surface area contributed by atoms with E-state index in [-0.39, 0.29) is 12.9 Å². The van der Waals surface area contributed by atoms with Gasteiger partial charge >= 0.3 is 0 Å². The van der Waals surface area contributed by atoms with E-state index in [2.05, 4.69) is 6.92 Å². The first-order valence-corrected chi connectivity index (χ1v) is 7.37. The lowest BCUT2D eigenvalue weighted by molar-refractivity contribution is 0.0881. The highest BCUT2D eigenvalue weighted by Gasteiger charge is 2.27. The van der Waals surface area contributed by atoms with Crippen molar-refractivity contribution in [3.05, 3.63) is 17.7 Å². The average molecular weight is 276 g/mol. The normalized spacial score (nSPS) is 24.4. The number of hydrogen-bond acceptors (Lipinski definition) is 4. The number of aldehydes is 1. The van der Waals surface area contributed by atoms with Gasteiger partial charge in [-0.05, 0) is 37.7 Å². The van der Waals surface area contributed by atoms with Gasteiger partial charge in [0.25, 0.3) is 0 Å². The fraction of sp³-hybridized carbons (Fsp3) is 0.562. The van der Waals surface area contributed by atoms with Gasteiger partial charge in [0, 0.05) is 6.07 Å². The zero-order chi connectivity index (χ0) is 13.9. The van der Waals surface area contributed by atoms with E-state index in [1.165, 1.54) is 19.3 Å². The van der Waals surface area contributed by atoms with Crippen LogP contribution in [-0.2, 0) is 0 Å². The predicted molar refractivity (Wildman–Crippen MR) is 74.6 cm³/mol. The van der Waals surface area contributed by atoms with E-state index in [1.54, 1.807) is 12.1 Å². The number of ether oxygens (including phenoxy) is 3. The van der Waals surface area contributed by atoms with Crippen molar-refractivity contribution in [1.29, 1.82) is 0 Å². The summed E-state index contributed by atoms with van der Waals surface area (Å²) in [5.41, 5.74) is 0.537. The summed E-state index contributed by atoms with van der Waals surface area (Å²) in [6.07, 6.45) is 6.88. The lowest BCUT2D eigenvalue weighted by atomic mass is 9.84. The zero-order valence-electron chi connectivity index (χ0n) is 11.8. The molecule has 0 N–H and O–H groups in total. The topological polar surface area (TPSA) is 44.8 Å². The first-order chi connectivity index (χ1) is 9.81. The highest BCUT2D eigenvalue weighted by atomic mass is 16.7. The minimum atomic E-state index is 0.202. The maximum Gasteiger partial charge on any atom is 0.231 e. The zero-order valence-corrected chi connectivity index (χ0v) is 11.8. The Morgan fingerprint density at radius 3 is 2.75 bits per heavy atom. The van der Waals surface area contributed by atoms with Gasteiger partial charge < -0.3 is 14.2 Å². The number of carbonyl (C=O) groups is 1. The van der Waals surface area contributed by atoms with Crippen LogP contribution in [0.4, 0.5) is 0 Å². The number of fused-ring (bicyclic) bond motifs is 1. The smallest absolute Gasteiger partial charge is 0.231 e. The third kappa shape index (κ3) is 2.47. The second kappa shape index (κ2) is 5.73. The molecule has 4 heteroatoms. The minimum Gasteiger partial charge on any atom is -0.489 e. The molecule has 4 nitrogen and oxygen atoms in total. The number of rotatable bonds is 4. The van der Waals surface area contributed by atoms with Gasteiger partial charge in [-0.3, -0.25) is 4.79 Å². The number of carbonyl (C=O) groups excluding carboxylic acids is 1. The molecule has 3 rings (SSSR count). The van der Waals surface area contributed by atoms with Crippen molar-refractivity contribution in [3.63, 3.8) is 0 Å². The molecule has 0 radical (unpaired) electrons. The Balaban J connectivity index is 1.84. The summed E-state index contributed by atoms with van der Waals surface area (Å²) in [4.78, 5) is 11.2. The molecule has 0 bridgehead atoms. The van der Waals surface area contributed by atoms with Crippen molar-refractivity contribution in [2.45, 2.75) is 45.1 Å². The Labute approximate surface area is 119 Å². The first kappa shape index (κ1) is 13.3. The molecule has 1 heterocycles. The van der Waals surface area contributed by atoms with Crippen molar-refractivity contribution in [2.24, 2.45) is 5.92 Å². The molecule has 1 saturated carbocycles. The van der Waals surface area contributed by atoms with Crippen LogP contribution in [0.25, 0.3) is 0 Å². The molecule has 0 aromatic heterocycles. The summed E-state index contributed by atoms with van der Waals surface area (Å²) in [5, 5.41) is 0. The molecule has 2 atom stereocenters. The lowest BCUT2D eigenvalue weighted by Crippen LogP contribution is -2.30. The van der Waals surface area contributed by atoms with Gasteiger partial charge in [-0.2, -0.15) is 0 Å². The maximum atomic E-state index is 11.2. The Morgan fingerprint density at radius 1 is 1.25 bits per heavy atom. The number of hydrogen-bond donors (Lipinski definition) is 0. The van der Waals surface area contributed by atoms with Crippen LogP contribution in [-0.4, -0.2) is 19.2 Å². The summed E-state index contributed by atoms with van der Waals surface area (Å²) in [6, 6.07) is 3.49. The van der Waals surface area contributed by atoms with Gasteiger partial charge in [-0.25, -0.2) is 0 Å². The summed E-state index contributed by atoms with van der Waals surface area (Å²) in [7, 11) is 0. The molecule has 0 spiro atoms. The van der Waals surface area contributed by atoms with Crippen molar-refractivity contribution >= 4 is 6.29 Å². The van der Waals surface area contributed by atoms with E-state index >= 15 is 0 Å². The van der Waals surface area contributed by atoms with Crippen molar-refractivity contribution in [2.75, 3.05) is 6.79 Å². The molecule has 1 aliphatic heterocycles. The van der Waals surface area contributed by atoms with Crippen LogP contribution in [0, 0.1) is 5.92 Å². The van der Waals surface area contributed by atoms with Gasteiger partial charge in [-0.15, -0.1) is 0 Å². The predicted octanol–water partition coefficient (Wildman–Crippen LogP) is 3.58. The van der Waals surface area contributed by atoms with Crippen molar-refractivity contribution in [3.8, 4) is 17.2 Å². The highest BCUT2D eigenvalue weighted by molar-refractivity contribution is 5.81. The summed E-state index contributed by atoms with van der Waals surface area (Å²) < 4.78 is 16.8. The van der Waals surface area contributed by atoms with Gasteiger partial charge in [0.05, 0.1) is 5.56 Å². The van der Waals surface area contributed by atoms with Gasteiger partial charge in [0.1, 0.15) is 11.9 Å². The van der Waals surface area contributed by atoms with Crippen molar-refractivity contribution < 1.29 is 19.0 Å². The molecule has 1 aromatic rings. The van der Waals surface area contributed by atoms with E-state index in [4.69, 9.17) is 14.2 Å². The lowest BCUT2D eigenvalue weighted by Gasteiger charge is -2.31. The molecule has 0 saturated heterocycles. The molecule has 0 amide bonds. The number of benzene rings is 1. The van der Waals surface area contributed by atoms with E-state index in [0.717, 1.165) is 19.1 Å².